The third-order valence-electron chi connectivity index (χ3n) is 5.82. The van der Waals surface area contributed by atoms with E-state index in [0.717, 1.165) is 0 Å². The van der Waals surface area contributed by atoms with Gasteiger partial charge in [0, 0.05) is 10.8 Å². The summed E-state index contributed by atoms with van der Waals surface area (Å²) in [5.74, 6) is -0.332. The second kappa shape index (κ2) is 4.73. The van der Waals surface area contributed by atoms with Crippen molar-refractivity contribution in [2.45, 2.75) is 90.8 Å². The first-order valence-corrected chi connectivity index (χ1v) is 8.87. The van der Waals surface area contributed by atoms with Crippen LogP contribution in [0.2, 0.25) is 0 Å². The average Bonchev–Trinajstić information content (AvgIpc) is 2.41. The van der Waals surface area contributed by atoms with Gasteiger partial charge in [-0.05, 0) is 25.7 Å². The van der Waals surface area contributed by atoms with Crippen LogP contribution in [0.3, 0.4) is 0 Å². The van der Waals surface area contributed by atoms with Crippen molar-refractivity contribution in [2.24, 2.45) is 10.8 Å². The lowest BCUT2D eigenvalue weighted by Crippen LogP contribution is -2.88. The first kappa shape index (κ1) is 17.7. The molecule has 4 atom stereocenters. The van der Waals surface area contributed by atoms with Crippen LogP contribution in [0.25, 0.3) is 0 Å². The smallest absolute Gasteiger partial charge is 0.230 e. The maximum Gasteiger partial charge on any atom is 0.230 e. The molecule has 3 rings (SSSR count). The molecule has 2 unspecified atom stereocenters. The summed E-state index contributed by atoms with van der Waals surface area (Å²) < 4.78 is 0. The van der Waals surface area contributed by atoms with Gasteiger partial charge in [0.15, 0.2) is 11.4 Å². The van der Waals surface area contributed by atoms with Gasteiger partial charge < -0.3 is 20.0 Å². The predicted octanol–water partition coefficient (Wildman–Crippen LogP) is 1.45. The Kier molecular flexibility index (Phi) is 3.48. The van der Waals surface area contributed by atoms with Gasteiger partial charge >= 0.3 is 0 Å². The Hall–Kier alpha value is -1.14. The van der Waals surface area contributed by atoms with Crippen molar-refractivity contribution in [3.05, 3.63) is 0 Å². The lowest BCUT2D eigenvalue weighted by molar-refractivity contribution is -0.347. The molecule has 0 aromatic rings. The van der Waals surface area contributed by atoms with Crippen molar-refractivity contribution in [1.82, 2.24) is 9.80 Å². The van der Waals surface area contributed by atoms with Crippen molar-refractivity contribution in [3.8, 4) is 0 Å². The van der Waals surface area contributed by atoms with Gasteiger partial charge in [-0.25, -0.2) is 0 Å². The van der Waals surface area contributed by atoms with Crippen LogP contribution in [-0.2, 0) is 9.59 Å². The second-order valence-electron chi connectivity index (χ2n) is 9.72. The monoisotopic (exact) mass is 338 g/mol. The molecular formula is C18H30N2O4. The lowest BCUT2D eigenvalue weighted by Gasteiger charge is -2.71. The fourth-order valence-electron chi connectivity index (χ4n) is 4.19. The molecule has 6 nitrogen and oxygen atoms in total. The van der Waals surface area contributed by atoms with Crippen molar-refractivity contribution < 1.29 is 19.8 Å². The molecule has 2 amide bonds. The van der Waals surface area contributed by atoms with Crippen LogP contribution in [0.5, 0.6) is 0 Å². The minimum Gasteiger partial charge on any atom is -0.369 e. The minimum atomic E-state index is -1.36. The number of amides is 2. The number of fused-ring (bicyclic) bond motifs is 2. The van der Waals surface area contributed by atoms with E-state index in [0.29, 0.717) is 25.7 Å². The number of piperazine rings is 1. The third kappa shape index (κ3) is 2.08. The van der Waals surface area contributed by atoms with Gasteiger partial charge in [0.2, 0.25) is 11.8 Å². The van der Waals surface area contributed by atoms with E-state index in [9.17, 15) is 19.8 Å². The van der Waals surface area contributed by atoms with Crippen molar-refractivity contribution in [2.75, 3.05) is 0 Å². The van der Waals surface area contributed by atoms with Crippen LogP contribution in [0, 0.1) is 10.8 Å². The van der Waals surface area contributed by atoms with Crippen molar-refractivity contribution in [1.29, 1.82) is 0 Å². The van der Waals surface area contributed by atoms with E-state index in [1.165, 1.54) is 9.80 Å². The molecule has 24 heavy (non-hydrogen) atoms. The highest BCUT2D eigenvalue weighted by Crippen LogP contribution is 2.56. The number of carbonyl (C=O) groups excluding carboxylic acids is 2. The molecule has 0 aromatic heterocycles. The standard InChI is InChI=1S/C18H30N2O4/c1-15(2,3)13(21)19-11-7-10-18(11,24)20(14(22)16(4,5)6)12-8-9-17(12,19)23/h11-12,23-24H,7-10H2,1-6H3/t11?,12?,17-,18+. The molecule has 2 saturated carbocycles. The number of carbonyl (C=O) groups is 2. The highest BCUT2D eigenvalue weighted by molar-refractivity contribution is 5.86. The molecule has 1 heterocycles. The molecule has 136 valence electrons. The molecular weight excluding hydrogens is 308 g/mol. The Balaban J connectivity index is 2.04. The van der Waals surface area contributed by atoms with Gasteiger partial charge in [-0.3, -0.25) is 9.59 Å². The van der Waals surface area contributed by atoms with Crippen LogP contribution in [0.15, 0.2) is 0 Å². The molecule has 1 aliphatic heterocycles. The van der Waals surface area contributed by atoms with Gasteiger partial charge in [0.05, 0.1) is 12.1 Å². The topological polar surface area (TPSA) is 81.1 Å². The molecule has 6 heteroatoms. The summed E-state index contributed by atoms with van der Waals surface area (Å²) in [5.41, 5.74) is -4.02. The fourth-order valence-corrected chi connectivity index (χ4v) is 4.19. The number of aliphatic hydroxyl groups is 2. The normalized spacial score (nSPS) is 38.7. The van der Waals surface area contributed by atoms with Crippen LogP contribution in [0.4, 0.5) is 0 Å². The Labute approximate surface area is 143 Å². The van der Waals surface area contributed by atoms with E-state index >= 15 is 0 Å². The highest BCUT2D eigenvalue weighted by Gasteiger charge is 2.72. The quantitative estimate of drug-likeness (QED) is 0.700. The number of nitrogens with zero attached hydrogens (tertiary/aromatic N) is 2. The minimum absolute atomic E-state index is 0.166. The van der Waals surface area contributed by atoms with E-state index in [4.69, 9.17) is 0 Å². The van der Waals surface area contributed by atoms with E-state index in [1.807, 2.05) is 41.5 Å². The molecule has 3 aliphatic rings. The lowest BCUT2D eigenvalue weighted by atomic mass is 9.65. The highest BCUT2D eigenvalue weighted by atomic mass is 16.4. The van der Waals surface area contributed by atoms with Gasteiger partial charge in [-0.15, -0.1) is 0 Å². The van der Waals surface area contributed by atoms with Gasteiger partial charge in [-0.1, -0.05) is 41.5 Å². The van der Waals surface area contributed by atoms with Crippen LogP contribution in [0.1, 0.15) is 67.2 Å². The zero-order chi connectivity index (χ0) is 18.3. The van der Waals surface area contributed by atoms with E-state index in [1.54, 1.807) is 0 Å². The molecule has 1 saturated heterocycles. The summed E-state index contributed by atoms with van der Waals surface area (Å²) in [6.45, 7) is 10.9. The van der Waals surface area contributed by atoms with E-state index in [2.05, 4.69) is 0 Å². The summed E-state index contributed by atoms with van der Waals surface area (Å²) in [5, 5.41) is 22.5. The Morgan fingerprint density at radius 1 is 0.792 bits per heavy atom. The molecule has 0 aromatic carbocycles. The maximum absolute atomic E-state index is 13.0. The molecule has 2 N–H and O–H groups in total. The third-order valence-corrected chi connectivity index (χ3v) is 5.82. The SMILES string of the molecule is CC(C)(C)C(=O)N1C2CC[C@@]2(O)N(C(=O)C(C)(C)C)C2CC[C@@]21O. The molecule has 2 aliphatic carbocycles. The van der Waals surface area contributed by atoms with E-state index in [-0.39, 0.29) is 11.8 Å². The predicted molar refractivity (Wildman–Crippen MR) is 88.5 cm³/mol. The van der Waals surface area contributed by atoms with Gasteiger partial charge in [-0.2, -0.15) is 0 Å². The largest absolute Gasteiger partial charge is 0.369 e. The summed E-state index contributed by atoms with van der Waals surface area (Å²) in [7, 11) is 0. The van der Waals surface area contributed by atoms with Crippen molar-refractivity contribution >= 4 is 11.8 Å². The fraction of sp³-hybridized carbons (Fsp3) is 0.889. The second-order valence-corrected chi connectivity index (χ2v) is 9.72. The summed E-state index contributed by atoms with van der Waals surface area (Å²) in [6, 6.07) is -1.06. The van der Waals surface area contributed by atoms with Crippen LogP contribution >= 0.6 is 0 Å². The van der Waals surface area contributed by atoms with Crippen LogP contribution < -0.4 is 0 Å². The zero-order valence-electron chi connectivity index (χ0n) is 15.6. The van der Waals surface area contributed by atoms with Gasteiger partial charge in [0.1, 0.15) is 0 Å². The number of rotatable bonds is 0. The number of hydrogen-bond acceptors (Lipinski definition) is 4. The Morgan fingerprint density at radius 3 is 1.25 bits per heavy atom. The van der Waals surface area contributed by atoms with Crippen LogP contribution in [-0.4, -0.2) is 55.4 Å². The first-order chi connectivity index (χ1) is 10.7. The zero-order valence-corrected chi connectivity index (χ0v) is 15.6. The number of hydrogen-bond donors (Lipinski definition) is 2. The molecule has 0 bridgehead atoms. The maximum atomic E-state index is 13.0. The summed E-state index contributed by atoms with van der Waals surface area (Å²) in [6.07, 6.45) is 2.09. The molecule has 0 radical (unpaired) electrons. The Morgan fingerprint density at radius 2 is 1.08 bits per heavy atom. The van der Waals surface area contributed by atoms with Crippen molar-refractivity contribution in [3.63, 3.8) is 0 Å². The summed E-state index contributed by atoms with van der Waals surface area (Å²) >= 11 is 0. The summed E-state index contributed by atoms with van der Waals surface area (Å²) in [4.78, 5) is 28.9. The Bertz CT molecular complexity index is 539. The van der Waals surface area contributed by atoms with E-state index < -0.39 is 34.4 Å². The molecule has 3 fully saturated rings. The first-order valence-electron chi connectivity index (χ1n) is 8.87. The van der Waals surface area contributed by atoms with Gasteiger partial charge in [0.25, 0.3) is 0 Å². The molecule has 0 spiro atoms. The average molecular weight is 338 g/mol.